The van der Waals surface area contributed by atoms with Crippen LogP contribution in [-0.2, 0) is 0 Å². The van der Waals surface area contributed by atoms with Crippen LogP contribution in [-0.4, -0.2) is 41.2 Å². The molecule has 0 unspecified atom stereocenters. The number of methoxy groups -OCH3 is 2. The number of ether oxygens (including phenoxy) is 2. The number of aromatic nitrogens is 2. The maximum atomic E-state index is 13.1. The lowest BCUT2D eigenvalue weighted by atomic mass is 10.2. The van der Waals surface area contributed by atoms with Crippen LogP contribution in [0.3, 0.4) is 0 Å². The summed E-state index contributed by atoms with van der Waals surface area (Å²) >= 11 is 1.44. The molecule has 136 valence electrons. The minimum Gasteiger partial charge on any atom is -0.493 e. The first-order chi connectivity index (χ1) is 12.7. The summed E-state index contributed by atoms with van der Waals surface area (Å²) in [6, 6.07) is 12.6. The molecule has 0 aliphatic carbocycles. The molecule has 1 aromatic heterocycles. The Morgan fingerprint density at radius 3 is 2.62 bits per heavy atom. The molecule has 0 bridgehead atoms. The number of thioether (sulfide) groups is 1. The number of para-hydroxylation sites is 1. The van der Waals surface area contributed by atoms with E-state index < -0.39 is 0 Å². The van der Waals surface area contributed by atoms with E-state index in [1.165, 1.54) is 11.8 Å². The quantitative estimate of drug-likeness (QED) is 0.391. The van der Waals surface area contributed by atoms with Gasteiger partial charge < -0.3 is 14.6 Å². The van der Waals surface area contributed by atoms with Crippen LogP contribution in [0.25, 0.3) is 16.6 Å². The van der Waals surface area contributed by atoms with Gasteiger partial charge in [-0.05, 0) is 30.7 Å². The summed E-state index contributed by atoms with van der Waals surface area (Å²) in [6.45, 7) is 0.0984. The number of fused-ring (bicyclic) bond motifs is 1. The summed E-state index contributed by atoms with van der Waals surface area (Å²) in [5.41, 5.74) is 1.16. The van der Waals surface area contributed by atoms with Crippen molar-refractivity contribution < 1.29 is 14.6 Å². The van der Waals surface area contributed by atoms with Crippen molar-refractivity contribution in [3.05, 3.63) is 52.8 Å². The fourth-order valence-electron chi connectivity index (χ4n) is 2.63. The van der Waals surface area contributed by atoms with Crippen molar-refractivity contribution in [2.45, 2.75) is 11.6 Å². The molecule has 1 heterocycles. The molecule has 0 atom stereocenters. The predicted octanol–water partition coefficient (Wildman–Crippen LogP) is 2.88. The highest BCUT2D eigenvalue weighted by Gasteiger charge is 2.15. The molecule has 3 rings (SSSR count). The molecule has 0 aliphatic rings. The molecule has 26 heavy (non-hydrogen) atoms. The summed E-state index contributed by atoms with van der Waals surface area (Å²) in [7, 11) is 3.12. The molecule has 0 amide bonds. The lowest BCUT2D eigenvalue weighted by Gasteiger charge is -2.15. The third-order valence-corrected chi connectivity index (χ3v) is 4.93. The third kappa shape index (κ3) is 3.54. The zero-order chi connectivity index (χ0) is 18.5. The average molecular weight is 372 g/mol. The SMILES string of the molecule is COc1ccc(-n2c(SCCCO)nc3ccccc3c2=O)cc1OC. The third-order valence-electron chi connectivity index (χ3n) is 3.90. The van der Waals surface area contributed by atoms with E-state index in [1.54, 1.807) is 43.1 Å². The Bertz CT molecular complexity index is 971. The number of rotatable bonds is 7. The monoisotopic (exact) mass is 372 g/mol. The van der Waals surface area contributed by atoms with Crippen LogP contribution in [0.2, 0.25) is 0 Å². The van der Waals surface area contributed by atoms with Crippen LogP contribution in [0.4, 0.5) is 0 Å². The van der Waals surface area contributed by atoms with Gasteiger partial charge in [0.05, 0.1) is 30.8 Å². The topological polar surface area (TPSA) is 73.6 Å². The summed E-state index contributed by atoms with van der Waals surface area (Å²) in [5, 5.41) is 10.2. The molecule has 2 aromatic carbocycles. The second kappa shape index (κ2) is 8.25. The molecule has 0 radical (unpaired) electrons. The zero-order valence-corrected chi connectivity index (χ0v) is 15.5. The number of aliphatic hydroxyl groups excluding tert-OH is 1. The van der Waals surface area contributed by atoms with Crippen molar-refractivity contribution in [3.8, 4) is 17.2 Å². The number of benzene rings is 2. The van der Waals surface area contributed by atoms with Gasteiger partial charge in [0.1, 0.15) is 0 Å². The van der Waals surface area contributed by atoms with E-state index in [-0.39, 0.29) is 12.2 Å². The fraction of sp³-hybridized carbons (Fsp3) is 0.263. The van der Waals surface area contributed by atoms with Crippen LogP contribution in [0.5, 0.6) is 11.5 Å². The van der Waals surface area contributed by atoms with Gasteiger partial charge in [-0.1, -0.05) is 23.9 Å². The maximum absolute atomic E-state index is 13.1. The molecular formula is C19H20N2O4S. The van der Waals surface area contributed by atoms with E-state index in [0.717, 1.165) is 0 Å². The van der Waals surface area contributed by atoms with Gasteiger partial charge in [0.25, 0.3) is 5.56 Å². The van der Waals surface area contributed by atoms with Crippen molar-refractivity contribution in [2.75, 3.05) is 26.6 Å². The largest absolute Gasteiger partial charge is 0.493 e. The molecule has 7 heteroatoms. The normalized spacial score (nSPS) is 10.9. The Labute approximate surface area is 155 Å². The molecule has 6 nitrogen and oxygen atoms in total. The Morgan fingerprint density at radius 2 is 1.88 bits per heavy atom. The van der Waals surface area contributed by atoms with Crippen molar-refractivity contribution >= 4 is 22.7 Å². The van der Waals surface area contributed by atoms with Gasteiger partial charge in [0.15, 0.2) is 16.7 Å². The van der Waals surface area contributed by atoms with E-state index in [4.69, 9.17) is 14.6 Å². The fourth-order valence-corrected chi connectivity index (χ4v) is 3.57. The van der Waals surface area contributed by atoms with Crippen LogP contribution in [0.1, 0.15) is 6.42 Å². The van der Waals surface area contributed by atoms with Gasteiger partial charge in [0.2, 0.25) is 0 Å². The predicted molar refractivity (Wildman–Crippen MR) is 103 cm³/mol. The highest BCUT2D eigenvalue weighted by molar-refractivity contribution is 7.99. The average Bonchev–Trinajstić information content (AvgIpc) is 2.68. The standard InChI is InChI=1S/C19H20N2O4S/c1-24-16-9-8-13(12-17(16)25-2)21-18(23)14-6-3-4-7-15(14)20-19(21)26-11-5-10-22/h3-4,6-9,12,22H,5,10-11H2,1-2H3. The van der Waals surface area contributed by atoms with Gasteiger partial charge >= 0.3 is 0 Å². The van der Waals surface area contributed by atoms with Gasteiger partial charge in [-0.15, -0.1) is 0 Å². The van der Waals surface area contributed by atoms with E-state index in [2.05, 4.69) is 4.98 Å². The summed E-state index contributed by atoms with van der Waals surface area (Å²) in [5.74, 6) is 1.79. The van der Waals surface area contributed by atoms with Crippen molar-refractivity contribution in [1.82, 2.24) is 9.55 Å². The molecule has 0 aliphatic heterocycles. The molecule has 1 N–H and O–H groups in total. The van der Waals surface area contributed by atoms with Crippen LogP contribution >= 0.6 is 11.8 Å². The summed E-state index contributed by atoms with van der Waals surface area (Å²) in [4.78, 5) is 17.8. The lowest BCUT2D eigenvalue weighted by molar-refractivity contribution is 0.296. The minimum absolute atomic E-state index is 0.0984. The molecule has 0 spiro atoms. The highest BCUT2D eigenvalue weighted by Crippen LogP contribution is 2.30. The van der Waals surface area contributed by atoms with Crippen molar-refractivity contribution in [2.24, 2.45) is 0 Å². The van der Waals surface area contributed by atoms with Gasteiger partial charge in [0, 0.05) is 18.4 Å². The number of hydrogen-bond acceptors (Lipinski definition) is 6. The van der Waals surface area contributed by atoms with Crippen molar-refractivity contribution in [1.29, 1.82) is 0 Å². The number of nitrogens with zero attached hydrogens (tertiary/aromatic N) is 2. The first-order valence-corrected chi connectivity index (χ1v) is 9.16. The second-order valence-corrected chi connectivity index (χ2v) is 6.58. The minimum atomic E-state index is -0.144. The maximum Gasteiger partial charge on any atom is 0.266 e. The Kier molecular flexibility index (Phi) is 5.80. The Balaban J connectivity index is 2.20. The first kappa shape index (κ1) is 18.3. The number of hydrogen-bond donors (Lipinski definition) is 1. The van der Waals surface area contributed by atoms with Gasteiger partial charge in [-0.3, -0.25) is 9.36 Å². The number of aliphatic hydroxyl groups is 1. The van der Waals surface area contributed by atoms with Gasteiger partial charge in [-0.2, -0.15) is 0 Å². The Morgan fingerprint density at radius 1 is 1.12 bits per heavy atom. The molecular weight excluding hydrogens is 352 g/mol. The molecule has 0 saturated heterocycles. The van der Waals surface area contributed by atoms with E-state index in [1.807, 2.05) is 18.2 Å². The smallest absolute Gasteiger partial charge is 0.266 e. The van der Waals surface area contributed by atoms with E-state index in [9.17, 15) is 4.79 Å². The van der Waals surface area contributed by atoms with Crippen molar-refractivity contribution in [3.63, 3.8) is 0 Å². The highest BCUT2D eigenvalue weighted by atomic mass is 32.2. The zero-order valence-electron chi connectivity index (χ0n) is 14.6. The second-order valence-electron chi connectivity index (χ2n) is 5.52. The summed E-state index contributed by atoms with van der Waals surface area (Å²) < 4.78 is 12.2. The van der Waals surface area contributed by atoms with Gasteiger partial charge in [-0.25, -0.2) is 4.98 Å². The summed E-state index contributed by atoms with van der Waals surface area (Å²) in [6.07, 6.45) is 0.624. The Hall–Kier alpha value is -2.51. The van der Waals surface area contributed by atoms with E-state index in [0.29, 0.717) is 45.4 Å². The van der Waals surface area contributed by atoms with E-state index >= 15 is 0 Å². The first-order valence-electron chi connectivity index (χ1n) is 8.17. The molecule has 3 aromatic rings. The van der Waals surface area contributed by atoms with Crippen LogP contribution in [0.15, 0.2) is 52.4 Å². The van der Waals surface area contributed by atoms with Crippen LogP contribution < -0.4 is 15.0 Å². The molecule has 0 saturated carbocycles. The van der Waals surface area contributed by atoms with Crippen LogP contribution in [0, 0.1) is 0 Å². The lowest BCUT2D eigenvalue weighted by Crippen LogP contribution is -2.22. The molecule has 0 fully saturated rings.